The summed E-state index contributed by atoms with van der Waals surface area (Å²) >= 11 is 0. The smallest absolute Gasteiger partial charge is 0.247 e. The number of nitrogens with one attached hydrogen (secondary N) is 2. The van der Waals surface area contributed by atoms with Gasteiger partial charge in [-0.1, -0.05) is 18.2 Å². The molecule has 22 heavy (non-hydrogen) atoms. The first-order chi connectivity index (χ1) is 10.4. The number of carbonyl (C=O) groups is 2. The molecule has 1 saturated heterocycles. The van der Waals surface area contributed by atoms with E-state index in [1.165, 1.54) is 0 Å². The summed E-state index contributed by atoms with van der Waals surface area (Å²) in [6.07, 6.45) is 1.38. The van der Waals surface area contributed by atoms with Gasteiger partial charge in [0.1, 0.15) is 5.54 Å². The number of amides is 2. The van der Waals surface area contributed by atoms with Crippen molar-refractivity contribution in [3.63, 3.8) is 0 Å². The molecule has 5 nitrogen and oxygen atoms in total. The van der Waals surface area contributed by atoms with Gasteiger partial charge in [0, 0.05) is 32.2 Å². The molecule has 2 amide bonds. The minimum absolute atomic E-state index is 0.0426. The third-order valence-corrected chi connectivity index (χ3v) is 4.09. The van der Waals surface area contributed by atoms with Gasteiger partial charge in [-0.3, -0.25) is 9.59 Å². The maximum absolute atomic E-state index is 12.7. The number of benzene rings is 1. The monoisotopic (exact) mass is 303 g/mol. The fraction of sp³-hybridized carbons (Fsp3) is 0.529. The lowest BCUT2D eigenvalue weighted by Crippen LogP contribution is -2.49. The highest BCUT2D eigenvalue weighted by molar-refractivity contribution is 5.89. The molecule has 2 rings (SSSR count). The molecule has 2 N–H and O–H groups in total. The number of rotatable bonds is 5. The van der Waals surface area contributed by atoms with Gasteiger partial charge in [-0.05, 0) is 38.3 Å². The lowest BCUT2D eigenvalue weighted by atomic mass is 10.0. The summed E-state index contributed by atoms with van der Waals surface area (Å²) in [6, 6.07) is 9.74. The minimum Gasteiger partial charge on any atom is -0.372 e. The Hall–Kier alpha value is -2.04. The van der Waals surface area contributed by atoms with Crippen molar-refractivity contribution in [1.29, 1.82) is 0 Å². The van der Waals surface area contributed by atoms with E-state index < -0.39 is 5.54 Å². The van der Waals surface area contributed by atoms with Gasteiger partial charge in [0.15, 0.2) is 0 Å². The van der Waals surface area contributed by atoms with Crippen molar-refractivity contribution in [1.82, 2.24) is 10.2 Å². The predicted molar refractivity (Wildman–Crippen MR) is 87.5 cm³/mol. The number of nitrogens with zero attached hydrogens (tertiary/aromatic N) is 1. The van der Waals surface area contributed by atoms with E-state index in [0.717, 1.165) is 18.7 Å². The zero-order valence-corrected chi connectivity index (χ0v) is 13.6. The molecule has 0 aliphatic carbocycles. The number of para-hydroxylation sites is 1. The average Bonchev–Trinajstić information content (AvgIpc) is 2.95. The lowest BCUT2D eigenvalue weighted by molar-refractivity contribution is -0.134. The Bertz CT molecular complexity index is 528. The number of hydrogen-bond donors (Lipinski definition) is 2. The quantitative estimate of drug-likeness (QED) is 0.873. The van der Waals surface area contributed by atoms with Crippen LogP contribution in [0.2, 0.25) is 0 Å². The molecule has 1 aliphatic heterocycles. The average molecular weight is 303 g/mol. The standard InChI is InChI=1S/C17H25N3O2/c1-17(2,19-14-7-5-4-6-8-14)16(22)20-10-9-13(12-20)11-15(21)18-3/h4-8,13,19H,9-12H2,1-3H3,(H,18,21)/t13-/m0/s1. The molecule has 0 saturated carbocycles. The zero-order chi connectivity index (χ0) is 16.2. The first-order valence-corrected chi connectivity index (χ1v) is 7.75. The number of hydrogen-bond acceptors (Lipinski definition) is 3. The van der Waals surface area contributed by atoms with Crippen molar-refractivity contribution in [2.45, 2.75) is 32.2 Å². The van der Waals surface area contributed by atoms with Crippen molar-refractivity contribution in [2.24, 2.45) is 5.92 Å². The van der Waals surface area contributed by atoms with Gasteiger partial charge >= 0.3 is 0 Å². The van der Waals surface area contributed by atoms with Crippen LogP contribution in [0.1, 0.15) is 26.7 Å². The molecule has 0 unspecified atom stereocenters. The van der Waals surface area contributed by atoms with Crippen molar-refractivity contribution < 1.29 is 9.59 Å². The van der Waals surface area contributed by atoms with Crippen LogP contribution in [0.15, 0.2) is 30.3 Å². The van der Waals surface area contributed by atoms with E-state index in [-0.39, 0.29) is 17.7 Å². The predicted octanol–water partition coefficient (Wildman–Crippen LogP) is 1.86. The van der Waals surface area contributed by atoms with Gasteiger partial charge in [0.05, 0.1) is 0 Å². The highest BCUT2D eigenvalue weighted by atomic mass is 16.2. The van der Waals surface area contributed by atoms with E-state index in [0.29, 0.717) is 13.0 Å². The van der Waals surface area contributed by atoms with E-state index in [1.807, 2.05) is 49.1 Å². The Balaban J connectivity index is 1.94. The van der Waals surface area contributed by atoms with Crippen molar-refractivity contribution in [3.05, 3.63) is 30.3 Å². The summed E-state index contributed by atoms with van der Waals surface area (Å²) in [5.41, 5.74) is 0.269. The van der Waals surface area contributed by atoms with E-state index in [4.69, 9.17) is 0 Å². The largest absolute Gasteiger partial charge is 0.372 e. The van der Waals surface area contributed by atoms with Crippen LogP contribution in [-0.2, 0) is 9.59 Å². The van der Waals surface area contributed by atoms with Gasteiger partial charge in [0.2, 0.25) is 11.8 Å². The number of carbonyl (C=O) groups excluding carboxylic acids is 2. The topological polar surface area (TPSA) is 61.4 Å². The summed E-state index contributed by atoms with van der Waals surface area (Å²) < 4.78 is 0. The van der Waals surface area contributed by atoms with Gasteiger partial charge in [-0.15, -0.1) is 0 Å². The Kier molecular flexibility index (Phi) is 5.06. The van der Waals surface area contributed by atoms with Crippen LogP contribution in [-0.4, -0.2) is 42.4 Å². The molecule has 120 valence electrons. The third-order valence-electron chi connectivity index (χ3n) is 4.09. The zero-order valence-electron chi connectivity index (χ0n) is 13.6. The molecule has 1 heterocycles. The second-order valence-electron chi connectivity index (χ2n) is 6.40. The minimum atomic E-state index is -0.663. The summed E-state index contributed by atoms with van der Waals surface area (Å²) in [4.78, 5) is 26.1. The van der Waals surface area contributed by atoms with E-state index in [2.05, 4.69) is 10.6 Å². The summed E-state index contributed by atoms with van der Waals surface area (Å²) in [6.45, 7) is 5.18. The second kappa shape index (κ2) is 6.81. The van der Waals surface area contributed by atoms with Crippen molar-refractivity contribution >= 4 is 17.5 Å². The summed E-state index contributed by atoms with van der Waals surface area (Å²) in [7, 11) is 1.65. The van der Waals surface area contributed by atoms with Crippen LogP contribution >= 0.6 is 0 Å². The molecular formula is C17H25N3O2. The van der Waals surface area contributed by atoms with Crippen LogP contribution < -0.4 is 10.6 Å². The number of anilines is 1. The molecule has 0 radical (unpaired) electrons. The second-order valence-corrected chi connectivity index (χ2v) is 6.40. The Morgan fingerprint density at radius 3 is 2.59 bits per heavy atom. The van der Waals surface area contributed by atoms with Crippen LogP contribution in [0.4, 0.5) is 5.69 Å². The molecule has 5 heteroatoms. The lowest BCUT2D eigenvalue weighted by Gasteiger charge is -2.31. The normalized spacial score (nSPS) is 18.1. The van der Waals surface area contributed by atoms with Crippen LogP contribution in [0, 0.1) is 5.92 Å². The molecule has 0 aromatic heterocycles. The molecule has 1 aromatic rings. The van der Waals surface area contributed by atoms with E-state index >= 15 is 0 Å². The van der Waals surface area contributed by atoms with E-state index in [1.54, 1.807) is 7.05 Å². The van der Waals surface area contributed by atoms with Crippen molar-refractivity contribution in [2.75, 3.05) is 25.5 Å². The highest BCUT2D eigenvalue weighted by Crippen LogP contribution is 2.24. The van der Waals surface area contributed by atoms with Gasteiger partial charge in [-0.25, -0.2) is 0 Å². The maximum Gasteiger partial charge on any atom is 0.247 e. The summed E-state index contributed by atoms with van der Waals surface area (Å²) in [5.74, 6) is 0.383. The van der Waals surface area contributed by atoms with Crippen molar-refractivity contribution in [3.8, 4) is 0 Å². The van der Waals surface area contributed by atoms with Crippen LogP contribution in [0.3, 0.4) is 0 Å². The Morgan fingerprint density at radius 1 is 1.27 bits per heavy atom. The fourth-order valence-electron chi connectivity index (χ4n) is 2.88. The van der Waals surface area contributed by atoms with Crippen LogP contribution in [0.25, 0.3) is 0 Å². The van der Waals surface area contributed by atoms with Gasteiger partial charge < -0.3 is 15.5 Å². The Morgan fingerprint density at radius 2 is 1.95 bits per heavy atom. The highest BCUT2D eigenvalue weighted by Gasteiger charge is 2.36. The SMILES string of the molecule is CNC(=O)C[C@@H]1CCN(C(=O)C(C)(C)Nc2ccccc2)C1. The molecule has 1 fully saturated rings. The molecule has 1 aliphatic rings. The van der Waals surface area contributed by atoms with Gasteiger partial charge in [0.25, 0.3) is 0 Å². The molecule has 0 spiro atoms. The maximum atomic E-state index is 12.7. The summed E-state index contributed by atoms with van der Waals surface area (Å²) in [5, 5.41) is 5.94. The fourth-order valence-corrected chi connectivity index (χ4v) is 2.88. The third kappa shape index (κ3) is 4.00. The first-order valence-electron chi connectivity index (χ1n) is 7.75. The molecule has 0 bridgehead atoms. The van der Waals surface area contributed by atoms with Gasteiger partial charge in [-0.2, -0.15) is 0 Å². The Labute approximate surface area is 132 Å². The van der Waals surface area contributed by atoms with E-state index in [9.17, 15) is 9.59 Å². The molecule has 1 atom stereocenters. The first kappa shape index (κ1) is 16.3. The number of likely N-dealkylation sites (tertiary alicyclic amines) is 1. The molecular weight excluding hydrogens is 278 g/mol. The van der Waals surface area contributed by atoms with Crippen LogP contribution in [0.5, 0.6) is 0 Å². The molecule has 1 aromatic carbocycles.